The fraction of sp³-hybridized carbons (Fsp3) is 0.625. The number of anilines is 1. The summed E-state index contributed by atoms with van der Waals surface area (Å²) in [4.78, 5) is 21.2. The standard InChI is InChI=1S/C16H24N4O.2ClH/c1-16(11-17)6-9-20(12-16)15(21)13-4-5-14(18-10-13)19-7-2-3-8-19;;/h4-5,10H,2-3,6-9,11-12,17H2,1H3;2*1H. The summed E-state index contributed by atoms with van der Waals surface area (Å²) in [5, 5.41) is 0. The molecule has 2 aliphatic rings. The molecule has 1 aromatic heterocycles. The maximum Gasteiger partial charge on any atom is 0.255 e. The van der Waals surface area contributed by atoms with Gasteiger partial charge in [-0.05, 0) is 43.4 Å². The Morgan fingerprint density at radius 1 is 1.26 bits per heavy atom. The molecule has 0 bridgehead atoms. The van der Waals surface area contributed by atoms with E-state index in [2.05, 4.69) is 16.8 Å². The van der Waals surface area contributed by atoms with Crippen molar-refractivity contribution in [3.8, 4) is 0 Å². The van der Waals surface area contributed by atoms with E-state index >= 15 is 0 Å². The van der Waals surface area contributed by atoms with E-state index < -0.39 is 0 Å². The fourth-order valence-electron chi connectivity index (χ4n) is 3.19. The van der Waals surface area contributed by atoms with Crippen molar-refractivity contribution in [3.05, 3.63) is 23.9 Å². The van der Waals surface area contributed by atoms with E-state index in [1.807, 2.05) is 17.0 Å². The summed E-state index contributed by atoms with van der Waals surface area (Å²) in [5.41, 5.74) is 6.55. The van der Waals surface area contributed by atoms with Gasteiger partial charge in [-0.15, -0.1) is 24.8 Å². The van der Waals surface area contributed by atoms with E-state index in [0.29, 0.717) is 12.1 Å². The molecule has 1 unspecified atom stereocenters. The quantitative estimate of drug-likeness (QED) is 0.898. The highest BCUT2D eigenvalue weighted by Crippen LogP contribution is 2.29. The first kappa shape index (κ1) is 20.0. The Bertz CT molecular complexity index is 519. The van der Waals surface area contributed by atoms with Crippen LogP contribution in [-0.4, -0.2) is 48.5 Å². The van der Waals surface area contributed by atoms with Gasteiger partial charge in [0.05, 0.1) is 5.56 Å². The summed E-state index contributed by atoms with van der Waals surface area (Å²) in [6.07, 6.45) is 5.16. The molecule has 23 heavy (non-hydrogen) atoms. The lowest BCUT2D eigenvalue weighted by Gasteiger charge is -2.22. The average molecular weight is 361 g/mol. The van der Waals surface area contributed by atoms with Crippen LogP contribution >= 0.6 is 24.8 Å². The third-order valence-electron chi connectivity index (χ3n) is 4.76. The molecule has 2 saturated heterocycles. The first-order valence-electron chi connectivity index (χ1n) is 7.82. The largest absolute Gasteiger partial charge is 0.357 e. The lowest BCUT2D eigenvalue weighted by Crippen LogP contribution is -2.34. The van der Waals surface area contributed by atoms with Crippen molar-refractivity contribution in [1.82, 2.24) is 9.88 Å². The maximum absolute atomic E-state index is 12.5. The Labute approximate surface area is 150 Å². The first-order chi connectivity index (χ1) is 10.1. The minimum Gasteiger partial charge on any atom is -0.357 e. The van der Waals surface area contributed by atoms with E-state index in [1.54, 1.807) is 6.20 Å². The Kier molecular flexibility index (Phi) is 7.11. The molecule has 2 N–H and O–H groups in total. The third kappa shape index (κ3) is 4.28. The van der Waals surface area contributed by atoms with Crippen molar-refractivity contribution in [3.63, 3.8) is 0 Å². The van der Waals surface area contributed by atoms with Gasteiger partial charge >= 0.3 is 0 Å². The topological polar surface area (TPSA) is 62.5 Å². The molecule has 2 aliphatic heterocycles. The highest BCUT2D eigenvalue weighted by molar-refractivity contribution is 5.94. The van der Waals surface area contributed by atoms with Gasteiger partial charge in [0.25, 0.3) is 5.91 Å². The van der Waals surface area contributed by atoms with Crippen LogP contribution in [0.5, 0.6) is 0 Å². The summed E-state index contributed by atoms with van der Waals surface area (Å²) < 4.78 is 0. The van der Waals surface area contributed by atoms with E-state index in [-0.39, 0.29) is 36.1 Å². The molecule has 3 rings (SSSR count). The van der Waals surface area contributed by atoms with Crippen LogP contribution in [0.25, 0.3) is 0 Å². The molecule has 0 aliphatic carbocycles. The second-order valence-electron chi connectivity index (χ2n) is 6.59. The average Bonchev–Trinajstić information content (AvgIpc) is 3.17. The van der Waals surface area contributed by atoms with Crippen LogP contribution in [0.4, 0.5) is 5.82 Å². The number of aromatic nitrogens is 1. The summed E-state index contributed by atoms with van der Waals surface area (Å²) in [6.45, 7) is 6.46. The molecule has 0 spiro atoms. The van der Waals surface area contributed by atoms with Crippen LogP contribution in [0, 0.1) is 5.41 Å². The normalized spacial score (nSPS) is 23.4. The number of nitrogens with zero attached hydrogens (tertiary/aromatic N) is 3. The molecule has 2 fully saturated rings. The molecular formula is C16H26Cl2N4O. The van der Waals surface area contributed by atoms with Crippen LogP contribution in [0.2, 0.25) is 0 Å². The second kappa shape index (κ2) is 8.18. The Balaban J connectivity index is 0.00000132. The molecule has 0 radical (unpaired) electrons. The smallest absolute Gasteiger partial charge is 0.255 e. The molecule has 3 heterocycles. The van der Waals surface area contributed by atoms with Crippen LogP contribution in [0.1, 0.15) is 36.5 Å². The number of rotatable bonds is 3. The molecule has 1 amide bonds. The van der Waals surface area contributed by atoms with Crippen molar-refractivity contribution in [1.29, 1.82) is 0 Å². The lowest BCUT2D eigenvalue weighted by atomic mass is 9.90. The van der Waals surface area contributed by atoms with Gasteiger partial charge in [-0.3, -0.25) is 4.79 Å². The molecule has 1 aromatic rings. The first-order valence-corrected chi connectivity index (χ1v) is 7.82. The summed E-state index contributed by atoms with van der Waals surface area (Å²) in [6, 6.07) is 3.87. The highest BCUT2D eigenvalue weighted by atomic mass is 35.5. The molecule has 0 aromatic carbocycles. The number of carbonyl (C=O) groups is 1. The predicted molar refractivity (Wildman–Crippen MR) is 97.9 cm³/mol. The number of amides is 1. The zero-order valence-electron chi connectivity index (χ0n) is 13.5. The van der Waals surface area contributed by atoms with Crippen molar-refractivity contribution in [2.45, 2.75) is 26.2 Å². The van der Waals surface area contributed by atoms with Crippen molar-refractivity contribution in [2.24, 2.45) is 11.1 Å². The third-order valence-corrected chi connectivity index (χ3v) is 4.76. The molecule has 0 saturated carbocycles. The van der Waals surface area contributed by atoms with Crippen molar-refractivity contribution < 1.29 is 4.79 Å². The molecule has 130 valence electrons. The predicted octanol–water partition coefficient (Wildman–Crippen LogP) is 2.34. The molecule has 1 atom stereocenters. The number of hydrogen-bond donors (Lipinski definition) is 1. The van der Waals surface area contributed by atoms with Crippen LogP contribution in [0.15, 0.2) is 18.3 Å². The van der Waals surface area contributed by atoms with Gasteiger partial charge in [0, 0.05) is 32.4 Å². The van der Waals surface area contributed by atoms with Crippen molar-refractivity contribution in [2.75, 3.05) is 37.6 Å². The minimum atomic E-state index is 0. The van der Waals surface area contributed by atoms with Gasteiger partial charge < -0.3 is 15.5 Å². The molecule has 7 heteroatoms. The molecule has 5 nitrogen and oxygen atoms in total. The van der Waals surface area contributed by atoms with Gasteiger partial charge in [0.1, 0.15) is 5.82 Å². The number of hydrogen-bond acceptors (Lipinski definition) is 4. The zero-order chi connectivity index (χ0) is 14.9. The zero-order valence-corrected chi connectivity index (χ0v) is 15.2. The van der Waals surface area contributed by atoms with Gasteiger partial charge in [0.2, 0.25) is 0 Å². The van der Waals surface area contributed by atoms with E-state index in [4.69, 9.17) is 5.73 Å². The summed E-state index contributed by atoms with van der Waals surface area (Å²) in [5.74, 6) is 1.06. The number of halogens is 2. The number of carbonyl (C=O) groups excluding carboxylic acids is 1. The Morgan fingerprint density at radius 3 is 2.48 bits per heavy atom. The van der Waals surface area contributed by atoms with Crippen LogP contribution in [-0.2, 0) is 0 Å². The SMILES string of the molecule is CC1(CN)CCN(C(=O)c2ccc(N3CCCC3)nc2)C1.Cl.Cl. The van der Waals surface area contributed by atoms with E-state index in [9.17, 15) is 4.79 Å². The highest BCUT2D eigenvalue weighted by Gasteiger charge is 2.35. The van der Waals surface area contributed by atoms with Crippen molar-refractivity contribution >= 4 is 36.5 Å². The lowest BCUT2D eigenvalue weighted by molar-refractivity contribution is 0.0776. The van der Waals surface area contributed by atoms with Crippen LogP contribution < -0.4 is 10.6 Å². The minimum absolute atomic E-state index is 0. The molecular weight excluding hydrogens is 335 g/mol. The Hall–Kier alpha value is -1.04. The van der Waals surface area contributed by atoms with Crippen LogP contribution in [0.3, 0.4) is 0 Å². The second-order valence-corrected chi connectivity index (χ2v) is 6.59. The van der Waals surface area contributed by atoms with Gasteiger partial charge in [0.15, 0.2) is 0 Å². The maximum atomic E-state index is 12.5. The number of likely N-dealkylation sites (tertiary alicyclic amines) is 1. The monoisotopic (exact) mass is 360 g/mol. The number of nitrogens with two attached hydrogens (primary N) is 1. The van der Waals surface area contributed by atoms with E-state index in [0.717, 1.165) is 38.4 Å². The van der Waals surface area contributed by atoms with E-state index in [1.165, 1.54) is 12.8 Å². The number of pyridine rings is 1. The summed E-state index contributed by atoms with van der Waals surface area (Å²) in [7, 11) is 0. The Morgan fingerprint density at radius 2 is 1.96 bits per heavy atom. The van der Waals surface area contributed by atoms with Gasteiger partial charge in [-0.25, -0.2) is 4.98 Å². The van der Waals surface area contributed by atoms with Gasteiger partial charge in [-0.1, -0.05) is 6.92 Å². The fourth-order valence-corrected chi connectivity index (χ4v) is 3.19. The summed E-state index contributed by atoms with van der Waals surface area (Å²) >= 11 is 0. The van der Waals surface area contributed by atoms with Gasteiger partial charge in [-0.2, -0.15) is 0 Å².